The van der Waals surface area contributed by atoms with E-state index in [0.29, 0.717) is 16.3 Å². The number of hydrogen-bond donors (Lipinski definition) is 0. The van der Waals surface area contributed by atoms with Crippen molar-refractivity contribution in [2.45, 2.75) is 6.92 Å². The largest absolute Gasteiger partial charge is 0.481 e. The van der Waals surface area contributed by atoms with Crippen molar-refractivity contribution < 1.29 is 19.1 Å². The molecule has 0 bridgehead atoms. The molecule has 0 saturated carbocycles. The van der Waals surface area contributed by atoms with Gasteiger partial charge < -0.3 is 9.47 Å². The molecule has 124 valence electrons. The Morgan fingerprint density at radius 2 is 1.79 bits per heavy atom. The molecule has 5 heteroatoms. The van der Waals surface area contributed by atoms with Crippen LogP contribution in [-0.4, -0.2) is 25.0 Å². The Hall–Kier alpha value is -2.59. The van der Waals surface area contributed by atoms with Gasteiger partial charge in [-0.1, -0.05) is 41.9 Å². The van der Waals surface area contributed by atoms with E-state index in [1.165, 1.54) is 6.08 Å². The van der Waals surface area contributed by atoms with Gasteiger partial charge in [-0.25, -0.2) is 4.79 Å². The summed E-state index contributed by atoms with van der Waals surface area (Å²) in [7, 11) is 0. The lowest BCUT2D eigenvalue weighted by molar-refractivity contribution is -0.145. The Kier molecular flexibility index (Phi) is 6.58. The summed E-state index contributed by atoms with van der Waals surface area (Å²) in [4.78, 5) is 23.8. The molecule has 2 rings (SSSR count). The highest BCUT2D eigenvalue weighted by molar-refractivity contribution is 6.32. The molecule has 0 atom stereocenters. The average Bonchev–Trinajstić information content (AvgIpc) is 2.59. The zero-order valence-corrected chi connectivity index (χ0v) is 14.0. The van der Waals surface area contributed by atoms with Gasteiger partial charge in [0.1, 0.15) is 5.75 Å². The fraction of sp³-hybridized carbons (Fsp3) is 0.158. The van der Waals surface area contributed by atoms with Crippen molar-refractivity contribution in [2.24, 2.45) is 0 Å². The molecule has 0 amide bonds. The first-order chi connectivity index (χ1) is 11.6. The van der Waals surface area contributed by atoms with Crippen molar-refractivity contribution in [1.82, 2.24) is 0 Å². The zero-order chi connectivity index (χ0) is 17.4. The number of rotatable bonds is 7. The molecule has 0 aliphatic heterocycles. The maximum atomic E-state index is 12.4. The standard InChI is InChI=1S/C19H17ClO4/c1-2-23-19(22)13-24-18-10-6-4-8-15(18)17(21)12-11-14-7-3-5-9-16(14)20/h3-12H,2,13H2,1H3/b12-11+. The second-order valence-corrected chi connectivity index (χ2v) is 5.22. The van der Waals surface area contributed by atoms with E-state index in [1.54, 1.807) is 43.3 Å². The molecule has 24 heavy (non-hydrogen) atoms. The predicted octanol–water partition coefficient (Wildman–Crippen LogP) is 4.18. The molecular weight excluding hydrogens is 328 g/mol. The number of ether oxygens (including phenoxy) is 2. The number of para-hydroxylation sites is 1. The van der Waals surface area contributed by atoms with E-state index < -0.39 is 5.97 Å². The predicted molar refractivity (Wildman–Crippen MR) is 93.4 cm³/mol. The highest BCUT2D eigenvalue weighted by Gasteiger charge is 2.11. The molecule has 2 aromatic rings. The maximum Gasteiger partial charge on any atom is 0.344 e. The van der Waals surface area contributed by atoms with Gasteiger partial charge in [-0.2, -0.15) is 0 Å². The van der Waals surface area contributed by atoms with Gasteiger partial charge >= 0.3 is 5.97 Å². The SMILES string of the molecule is CCOC(=O)COc1ccccc1C(=O)/C=C/c1ccccc1Cl. The van der Waals surface area contributed by atoms with Crippen molar-refractivity contribution in [2.75, 3.05) is 13.2 Å². The van der Waals surface area contributed by atoms with Crippen LogP contribution >= 0.6 is 11.6 Å². The zero-order valence-electron chi connectivity index (χ0n) is 13.2. The monoisotopic (exact) mass is 344 g/mol. The third-order valence-corrected chi connectivity index (χ3v) is 3.47. The Bertz CT molecular complexity index is 753. The van der Waals surface area contributed by atoms with Crippen molar-refractivity contribution >= 4 is 29.4 Å². The van der Waals surface area contributed by atoms with Crippen LogP contribution in [0.15, 0.2) is 54.6 Å². The highest BCUT2D eigenvalue weighted by atomic mass is 35.5. The molecule has 4 nitrogen and oxygen atoms in total. The lowest BCUT2D eigenvalue weighted by atomic mass is 10.1. The average molecular weight is 345 g/mol. The molecule has 0 aliphatic rings. The van der Waals surface area contributed by atoms with E-state index >= 15 is 0 Å². The summed E-state index contributed by atoms with van der Waals surface area (Å²) in [5.41, 5.74) is 1.11. The lowest BCUT2D eigenvalue weighted by Gasteiger charge is -2.09. The maximum absolute atomic E-state index is 12.4. The summed E-state index contributed by atoms with van der Waals surface area (Å²) in [5.74, 6) is -0.389. The summed E-state index contributed by atoms with van der Waals surface area (Å²) >= 11 is 6.06. The smallest absolute Gasteiger partial charge is 0.344 e. The van der Waals surface area contributed by atoms with E-state index in [0.717, 1.165) is 5.56 Å². The third-order valence-electron chi connectivity index (χ3n) is 3.12. The molecule has 0 aliphatic carbocycles. The first-order valence-corrected chi connectivity index (χ1v) is 7.84. The van der Waals surface area contributed by atoms with E-state index in [4.69, 9.17) is 21.1 Å². The molecule has 0 heterocycles. The van der Waals surface area contributed by atoms with Crippen molar-refractivity contribution in [3.05, 3.63) is 70.8 Å². The number of benzene rings is 2. The molecule has 2 aromatic carbocycles. The van der Waals surface area contributed by atoms with Gasteiger partial charge in [-0.15, -0.1) is 0 Å². The van der Waals surface area contributed by atoms with Crippen LogP contribution in [0.1, 0.15) is 22.8 Å². The third kappa shape index (κ3) is 4.96. The number of carbonyl (C=O) groups is 2. The van der Waals surface area contributed by atoms with E-state index in [-0.39, 0.29) is 19.0 Å². The minimum Gasteiger partial charge on any atom is -0.481 e. The lowest BCUT2D eigenvalue weighted by Crippen LogP contribution is -2.15. The van der Waals surface area contributed by atoms with Gasteiger partial charge in [0, 0.05) is 5.02 Å². The fourth-order valence-electron chi connectivity index (χ4n) is 2.00. The minimum absolute atomic E-state index is 0.241. The number of carbonyl (C=O) groups excluding carboxylic acids is 2. The topological polar surface area (TPSA) is 52.6 Å². The van der Waals surface area contributed by atoms with Gasteiger partial charge in [-0.3, -0.25) is 4.79 Å². The van der Waals surface area contributed by atoms with Crippen LogP contribution in [0, 0.1) is 0 Å². The minimum atomic E-state index is -0.480. The van der Waals surface area contributed by atoms with Crippen LogP contribution < -0.4 is 4.74 Å². The van der Waals surface area contributed by atoms with E-state index in [9.17, 15) is 9.59 Å². The number of hydrogen-bond acceptors (Lipinski definition) is 4. The first-order valence-electron chi connectivity index (χ1n) is 7.46. The molecule has 0 fully saturated rings. The van der Waals surface area contributed by atoms with Crippen molar-refractivity contribution in [1.29, 1.82) is 0 Å². The molecule has 0 spiro atoms. The number of esters is 1. The molecular formula is C19H17ClO4. The summed E-state index contributed by atoms with van der Waals surface area (Å²) in [6.07, 6.45) is 3.07. The van der Waals surface area contributed by atoms with Gasteiger partial charge in [-0.05, 0) is 42.8 Å². The molecule has 0 radical (unpaired) electrons. The van der Waals surface area contributed by atoms with Crippen LogP contribution in [0.2, 0.25) is 5.02 Å². The van der Waals surface area contributed by atoms with Crippen LogP contribution in [0.4, 0.5) is 0 Å². The molecule has 0 aromatic heterocycles. The fourth-order valence-corrected chi connectivity index (χ4v) is 2.20. The van der Waals surface area contributed by atoms with Gasteiger partial charge in [0.25, 0.3) is 0 Å². The molecule has 0 unspecified atom stereocenters. The Morgan fingerprint density at radius 3 is 2.54 bits per heavy atom. The normalized spacial score (nSPS) is 10.6. The van der Waals surface area contributed by atoms with Crippen molar-refractivity contribution in [3.8, 4) is 5.75 Å². The second kappa shape index (κ2) is 8.89. The highest BCUT2D eigenvalue weighted by Crippen LogP contribution is 2.21. The van der Waals surface area contributed by atoms with Crippen LogP contribution in [-0.2, 0) is 9.53 Å². The summed E-state index contributed by atoms with van der Waals surface area (Å²) < 4.78 is 10.2. The van der Waals surface area contributed by atoms with Crippen LogP contribution in [0.3, 0.4) is 0 Å². The summed E-state index contributed by atoms with van der Waals surface area (Å²) in [6, 6.07) is 14.0. The Morgan fingerprint density at radius 1 is 1.08 bits per heavy atom. The number of halogens is 1. The van der Waals surface area contributed by atoms with Gasteiger partial charge in [0.2, 0.25) is 0 Å². The number of ketones is 1. The van der Waals surface area contributed by atoms with Gasteiger partial charge in [0.05, 0.1) is 12.2 Å². The van der Waals surface area contributed by atoms with Gasteiger partial charge in [0.15, 0.2) is 12.4 Å². The quantitative estimate of drug-likeness (QED) is 0.429. The van der Waals surface area contributed by atoms with Crippen LogP contribution in [0.5, 0.6) is 5.75 Å². The Balaban J connectivity index is 2.12. The number of allylic oxidation sites excluding steroid dienone is 1. The summed E-state index contributed by atoms with van der Waals surface area (Å²) in [5, 5.41) is 0.563. The molecule has 0 saturated heterocycles. The van der Waals surface area contributed by atoms with E-state index in [2.05, 4.69) is 0 Å². The van der Waals surface area contributed by atoms with Crippen molar-refractivity contribution in [3.63, 3.8) is 0 Å². The molecule has 0 N–H and O–H groups in total. The first kappa shape index (κ1) is 17.8. The second-order valence-electron chi connectivity index (χ2n) is 4.81. The summed E-state index contributed by atoms with van der Waals surface area (Å²) in [6.45, 7) is 1.75. The van der Waals surface area contributed by atoms with Crippen LogP contribution in [0.25, 0.3) is 6.08 Å². The van der Waals surface area contributed by atoms with E-state index in [1.807, 2.05) is 18.2 Å². The Labute approximate surface area is 145 Å².